The van der Waals surface area contributed by atoms with E-state index >= 15 is 0 Å². The van der Waals surface area contributed by atoms with Gasteiger partial charge >= 0.3 is 6.09 Å². The number of pyridine rings is 1. The summed E-state index contributed by atoms with van der Waals surface area (Å²) in [5, 5.41) is 0.703. The molecule has 4 aliphatic rings. The van der Waals surface area contributed by atoms with Crippen LogP contribution in [-0.2, 0) is 4.74 Å². The fourth-order valence-corrected chi connectivity index (χ4v) is 5.06. The van der Waals surface area contributed by atoms with Gasteiger partial charge in [0.25, 0.3) is 0 Å². The fourth-order valence-electron chi connectivity index (χ4n) is 4.18. The summed E-state index contributed by atoms with van der Waals surface area (Å²) >= 11 is 1.49. The van der Waals surface area contributed by atoms with Gasteiger partial charge in [-0.05, 0) is 38.1 Å². The van der Waals surface area contributed by atoms with Gasteiger partial charge in [0.15, 0.2) is 5.13 Å². The van der Waals surface area contributed by atoms with Gasteiger partial charge in [-0.1, -0.05) is 17.4 Å². The largest absolute Gasteiger partial charge is 0.439 e. The highest BCUT2D eigenvalue weighted by Gasteiger charge is 2.56. The molecule has 124 valence electrons. The van der Waals surface area contributed by atoms with E-state index in [0.717, 1.165) is 43.0 Å². The molecule has 1 amide bonds. The molecule has 0 saturated carbocycles. The number of thiazole rings is 1. The van der Waals surface area contributed by atoms with E-state index in [1.54, 1.807) is 17.3 Å². The van der Waals surface area contributed by atoms with Crippen LogP contribution in [0.25, 0.3) is 10.6 Å². The minimum atomic E-state index is -0.343. The van der Waals surface area contributed by atoms with Crippen molar-refractivity contribution in [3.05, 3.63) is 30.6 Å². The predicted octanol–water partition coefficient (Wildman–Crippen LogP) is 2.63. The SMILES string of the molecule is O=C1OC2(CN3CCC2CC3)CN1c1ncc(-c2ccccn2)s1. The number of hydrogen-bond donors (Lipinski definition) is 0. The Labute approximate surface area is 144 Å². The van der Waals surface area contributed by atoms with Crippen molar-refractivity contribution in [3.63, 3.8) is 0 Å². The molecule has 2 bridgehead atoms. The number of fused-ring (bicyclic) bond motifs is 2. The third-order valence-corrected chi connectivity index (χ3v) is 6.44. The molecule has 7 heteroatoms. The van der Waals surface area contributed by atoms with Crippen molar-refractivity contribution in [1.82, 2.24) is 14.9 Å². The van der Waals surface area contributed by atoms with Crippen LogP contribution in [0.15, 0.2) is 30.6 Å². The molecular weight excluding hydrogens is 324 g/mol. The molecule has 4 aliphatic heterocycles. The molecule has 4 fully saturated rings. The van der Waals surface area contributed by atoms with Gasteiger partial charge in [0.2, 0.25) is 0 Å². The summed E-state index contributed by atoms with van der Waals surface area (Å²) in [4.78, 5) is 26.4. The van der Waals surface area contributed by atoms with Gasteiger partial charge < -0.3 is 4.74 Å². The number of aromatic nitrogens is 2. The second-order valence-electron chi connectivity index (χ2n) is 6.79. The Morgan fingerprint density at radius 1 is 1.21 bits per heavy atom. The van der Waals surface area contributed by atoms with Crippen molar-refractivity contribution in [1.29, 1.82) is 0 Å². The highest BCUT2D eigenvalue weighted by molar-refractivity contribution is 7.19. The van der Waals surface area contributed by atoms with Crippen LogP contribution in [0, 0.1) is 5.92 Å². The van der Waals surface area contributed by atoms with E-state index in [9.17, 15) is 4.79 Å². The molecule has 2 aromatic heterocycles. The van der Waals surface area contributed by atoms with Gasteiger partial charge in [0.05, 0.1) is 17.1 Å². The molecule has 0 radical (unpaired) electrons. The lowest BCUT2D eigenvalue weighted by Crippen LogP contribution is -2.61. The maximum atomic E-state index is 12.5. The maximum absolute atomic E-state index is 12.5. The third-order valence-electron chi connectivity index (χ3n) is 5.40. The molecule has 6 rings (SSSR count). The monoisotopic (exact) mass is 342 g/mol. The van der Waals surface area contributed by atoms with E-state index in [1.807, 2.05) is 18.2 Å². The average Bonchev–Trinajstić information content (AvgIpc) is 3.22. The van der Waals surface area contributed by atoms with Crippen molar-refractivity contribution in [3.8, 4) is 10.6 Å². The van der Waals surface area contributed by atoms with E-state index in [-0.39, 0.29) is 11.7 Å². The molecule has 6 heterocycles. The first-order valence-electron chi connectivity index (χ1n) is 8.34. The van der Waals surface area contributed by atoms with Crippen LogP contribution in [-0.4, -0.2) is 52.7 Å². The van der Waals surface area contributed by atoms with Crippen molar-refractivity contribution in [2.45, 2.75) is 18.4 Å². The zero-order valence-corrected chi connectivity index (χ0v) is 14.0. The van der Waals surface area contributed by atoms with Gasteiger partial charge in [-0.15, -0.1) is 0 Å². The Hall–Kier alpha value is -1.99. The Bertz CT molecular complexity index is 772. The van der Waals surface area contributed by atoms with Crippen molar-refractivity contribution < 1.29 is 9.53 Å². The van der Waals surface area contributed by atoms with Gasteiger partial charge in [-0.25, -0.2) is 14.7 Å². The van der Waals surface area contributed by atoms with Crippen LogP contribution in [0.5, 0.6) is 0 Å². The first-order chi connectivity index (χ1) is 11.7. The van der Waals surface area contributed by atoms with Crippen molar-refractivity contribution >= 4 is 22.6 Å². The maximum Gasteiger partial charge on any atom is 0.416 e. The Morgan fingerprint density at radius 3 is 2.79 bits per heavy atom. The number of carbonyl (C=O) groups excluding carboxylic acids is 1. The molecule has 1 spiro atoms. The molecule has 2 aromatic rings. The number of anilines is 1. The average molecular weight is 342 g/mol. The first-order valence-corrected chi connectivity index (χ1v) is 9.15. The minimum absolute atomic E-state index is 0.259. The van der Waals surface area contributed by atoms with E-state index in [0.29, 0.717) is 17.6 Å². The Morgan fingerprint density at radius 2 is 2.08 bits per heavy atom. The highest BCUT2D eigenvalue weighted by Crippen LogP contribution is 2.44. The first kappa shape index (κ1) is 14.4. The number of hydrogen-bond acceptors (Lipinski definition) is 6. The normalized spacial score (nSPS) is 31.7. The lowest BCUT2D eigenvalue weighted by Gasteiger charge is -2.49. The molecular formula is C17H18N4O2S. The summed E-state index contributed by atoms with van der Waals surface area (Å²) in [6.45, 7) is 3.73. The summed E-state index contributed by atoms with van der Waals surface area (Å²) in [5.74, 6) is 0.478. The summed E-state index contributed by atoms with van der Waals surface area (Å²) < 4.78 is 5.90. The topological polar surface area (TPSA) is 58.6 Å². The zero-order valence-electron chi connectivity index (χ0n) is 13.2. The van der Waals surface area contributed by atoms with Crippen LogP contribution >= 0.6 is 11.3 Å². The number of carbonyl (C=O) groups is 1. The molecule has 0 aromatic carbocycles. The molecule has 1 atom stereocenters. The van der Waals surface area contributed by atoms with Crippen LogP contribution in [0.2, 0.25) is 0 Å². The summed E-state index contributed by atoms with van der Waals surface area (Å²) in [7, 11) is 0. The Kier molecular flexibility index (Phi) is 3.14. The van der Waals surface area contributed by atoms with Crippen molar-refractivity contribution in [2.24, 2.45) is 5.92 Å². The van der Waals surface area contributed by atoms with Crippen LogP contribution in [0.4, 0.5) is 9.93 Å². The number of amides is 1. The standard InChI is InChI=1S/C17H18N4O2S/c22-16-21(11-17(23-16)10-20-7-4-12(17)5-8-20)15-19-9-14(24-15)13-3-1-2-6-18-13/h1-3,6,9,12H,4-5,7-8,10-11H2. The molecule has 0 aliphatic carbocycles. The Balaban J connectivity index is 1.42. The molecule has 6 nitrogen and oxygen atoms in total. The van der Waals surface area contributed by atoms with Gasteiger partial charge in [-0.3, -0.25) is 9.88 Å². The number of nitrogens with zero attached hydrogens (tertiary/aromatic N) is 4. The van der Waals surface area contributed by atoms with E-state index in [4.69, 9.17) is 4.74 Å². The number of ether oxygens (including phenoxy) is 1. The minimum Gasteiger partial charge on any atom is -0.439 e. The second kappa shape index (κ2) is 5.26. The molecule has 1 unspecified atom stereocenters. The smallest absolute Gasteiger partial charge is 0.416 e. The van der Waals surface area contributed by atoms with Crippen LogP contribution in [0.1, 0.15) is 12.8 Å². The lowest BCUT2D eigenvalue weighted by molar-refractivity contribution is -0.0881. The molecule has 0 N–H and O–H groups in total. The lowest BCUT2D eigenvalue weighted by atomic mass is 9.75. The summed E-state index contributed by atoms with van der Waals surface area (Å²) in [6, 6.07) is 5.79. The summed E-state index contributed by atoms with van der Waals surface area (Å²) in [6.07, 6.45) is 5.54. The van der Waals surface area contributed by atoms with Crippen LogP contribution < -0.4 is 4.90 Å². The number of rotatable bonds is 2. The van der Waals surface area contributed by atoms with Gasteiger partial charge in [-0.2, -0.15) is 0 Å². The zero-order chi connectivity index (χ0) is 16.1. The van der Waals surface area contributed by atoms with Gasteiger partial charge in [0.1, 0.15) is 5.60 Å². The van der Waals surface area contributed by atoms with Gasteiger partial charge in [0, 0.05) is 24.9 Å². The quantitative estimate of drug-likeness (QED) is 0.840. The van der Waals surface area contributed by atoms with Crippen molar-refractivity contribution in [2.75, 3.05) is 31.1 Å². The van der Waals surface area contributed by atoms with E-state index in [2.05, 4.69) is 14.9 Å². The van der Waals surface area contributed by atoms with E-state index < -0.39 is 0 Å². The highest BCUT2D eigenvalue weighted by atomic mass is 32.1. The fraction of sp³-hybridized carbons (Fsp3) is 0.471. The molecule has 4 saturated heterocycles. The molecule has 24 heavy (non-hydrogen) atoms. The van der Waals surface area contributed by atoms with Crippen LogP contribution in [0.3, 0.4) is 0 Å². The summed E-state index contributed by atoms with van der Waals surface area (Å²) in [5.41, 5.74) is 0.538. The van der Waals surface area contributed by atoms with E-state index in [1.165, 1.54) is 11.3 Å². The predicted molar refractivity (Wildman–Crippen MR) is 91.1 cm³/mol. The third kappa shape index (κ3) is 2.15. The number of piperidine rings is 3. The second-order valence-corrected chi connectivity index (χ2v) is 7.80.